The number of nitrogens with two attached hydrogens (primary N) is 2. The molecule has 0 saturated carbocycles. The van der Waals surface area contributed by atoms with Crippen LogP contribution < -0.4 is 11.1 Å². The minimum atomic E-state index is 0.519. The lowest BCUT2D eigenvalue weighted by atomic mass is 10.1. The minimum absolute atomic E-state index is 0.519. The van der Waals surface area contributed by atoms with Crippen molar-refractivity contribution in [1.29, 1.82) is 0 Å². The van der Waals surface area contributed by atoms with E-state index in [-0.39, 0.29) is 0 Å². The van der Waals surface area contributed by atoms with Gasteiger partial charge in [0.05, 0.1) is 5.56 Å². The van der Waals surface area contributed by atoms with Crippen LogP contribution >= 0.6 is 11.3 Å². The van der Waals surface area contributed by atoms with E-state index in [4.69, 9.17) is 11.1 Å². The summed E-state index contributed by atoms with van der Waals surface area (Å²) in [5.74, 6) is 1.06. The second kappa shape index (κ2) is 3.24. The topological polar surface area (TPSA) is 76.9 Å². The van der Waals surface area contributed by atoms with Crippen molar-refractivity contribution in [2.75, 3.05) is 5.73 Å². The van der Waals surface area contributed by atoms with Crippen molar-refractivity contribution >= 4 is 28.7 Å². The fraction of sp³-hybridized carbons (Fsp3) is 0. The highest BCUT2D eigenvalue weighted by molar-refractivity contribution is 7.12. The molecule has 0 fully saturated rings. The summed E-state index contributed by atoms with van der Waals surface area (Å²) < 4.78 is 0. The summed E-state index contributed by atoms with van der Waals surface area (Å²) in [5.41, 5.74) is 8.41. The Balaban J connectivity index is 2.18. The van der Waals surface area contributed by atoms with Crippen LogP contribution in [0.15, 0.2) is 34.6 Å². The number of hydrogen-bond donors (Lipinski definition) is 2. The quantitative estimate of drug-likeness (QED) is 0.726. The number of hydrogen-bond acceptors (Lipinski definition) is 3. The van der Waals surface area contributed by atoms with E-state index in [9.17, 15) is 0 Å². The van der Waals surface area contributed by atoms with Crippen molar-refractivity contribution in [3.63, 3.8) is 0 Å². The van der Waals surface area contributed by atoms with Gasteiger partial charge in [-0.2, -0.15) is 0 Å². The first-order valence-corrected chi connectivity index (χ1v) is 5.66. The maximum absolute atomic E-state index is 5.86. The van der Waals surface area contributed by atoms with Gasteiger partial charge in [0.2, 0.25) is 5.71 Å². The molecule has 16 heavy (non-hydrogen) atoms. The molecule has 0 bridgehead atoms. The van der Waals surface area contributed by atoms with E-state index in [1.165, 1.54) is 11.3 Å². The highest BCUT2D eigenvalue weighted by atomic mass is 32.1. The van der Waals surface area contributed by atoms with Gasteiger partial charge in [-0.3, -0.25) is 5.41 Å². The first kappa shape index (κ1) is 9.23. The number of rotatable bonds is 1. The van der Waals surface area contributed by atoms with Crippen LogP contribution in [0.1, 0.15) is 16.1 Å². The molecule has 1 aromatic heterocycles. The Labute approximate surface area is 96.0 Å². The summed E-state index contributed by atoms with van der Waals surface area (Å²) >= 11 is 1.48. The molecule has 1 aliphatic heterocycles. The Morgan fingerprint density at radius 3 is 2.62 bits per heavy atom. The molecule has 0 spiro atoms. The number of amidine groups is 1. The Kier molecular flexibility index (Phi) is 1.87. The molecule has 3 rings (SSSR count). The van der Waals surface area contributed by atoms with Gasteiger partial charge < -0.3 is 5.73 Å². The average molecular weight is 229 g/mol. The second-order valence-corrected chi connectivity index (χ2v) is 4.33. The molecule has 0 amide bonds. The predicted octanol–water partition coefficient (Wildman–Crippen LogP) is 0.0820. The van der Waals surface area contributed by atoms with Gasteiger partial charge >= 0.3 is 5.84 Å². The number of thiazole rings is 1. The molecule has 2 heterocycles. The molecule has 0 radical (unpaired) electrons. The number of aliphatic imine (C=N–C) groups is 1. The molecule has 4 N–H and O–H groups in total. The Hall–Kier alpha value is -2.01. The van der Waals surface area contributed by atoms with Gasteiger partial charge in [-0.25, -0.2) is 4.98 Å². The van der Waals surface area contributed by atoms with Crippen LogP contribution in [0.25, 0.3) is 0 Å². The van der Waals surface area contributed by atoms with Crippen LogP contribution in [0.4, 0.5) is 5.82 Å². The second-order valence-electron chi connectivity index (χ2n) is 3.47. The molecule has 5 heteroatoms. The monoisotopic (exact) mass is 229 g/mol. The Morgan fingerprint density at radius 1 is 1.19 bits per heavy atom. The molecule has 0 atom stereocenters. The van der Waals surface area contributed by atoms with Crippen molar-refractivity contribution in [3.05, 3.63) is 45.8 Å². The number of nitrogen functional groups attached to an aromatic ring is 1. The van der Waals surface area contributed by atoms with Gasteiger partial charge in [-0.1, -0.05) is 12.1 Å². The van der Waals surface area contributed by atoms with E-state index in [0.717, 1.165) is 21.8 Å². The van der Waals surface area contributed by atoms with E-state index >= 15 is 0 Å². The lowest BCUT2D eigenvalue weighted by Gasteiger charge is -1.93. The van der Waals surface area contributed by atoms with Crippen LogP contribution in [0.3, 0.4) is 0 Å². The molecule has 4 nitrogen and oxygen atoms in total. The third kappa shape index (κ3) is 1.25. The molecule has 0 aliphatic carbocycles. The molecular weight excluding hydrogens is 220 g/mol. The number of fused-ring (bicyclic) bond motifs is 1. The van der Waals surface area contributed by atoms with E-state index in [1.54, 1.807) is 5.38 Å². The third-order valence-corrected chi connectivity index (χ3v) is 3.28. The summed E-state index contributed by atoms with van der Waals surface area (Å²) in [6.07, 6.45) is 0. The summed E-state index contributed by atoms with van der Waals surface area (Å²) in [4.78, 5) is 8.57. The molecule has 2 aromatic rings. The minimum Gasteiger partial charge on any atom is -0.383 e. The largest absolute Gasteiger partial charge is 0.383 e. The zero-order valence-corrected chi connectivity index (χ0v) is 9.16. The number of aromatic nitrogens is 1. The van der Waals surface area contributed by atoms with Crippen molar-refractivity contribution in [1.82, 2.24) is 4.98 Å². The SMILES string of the molecule is Nc1csc(C2=NC(=[NH2+])c3ccccc32)n1. The lowest BCUT2D eigenvalue weighted by Crippen LogP contribution is -2.38. The van der Waals surface area contributed by atoms with Gasteiger partial charge in [0.1, 0.15) is 5.82 Å². The molecule has 1 aliphatic rings. The van der Waals surface area contributed by atoms with E-state index in [1.807, 2.05) is 24.3 Å². The standard InChI is InChI=1S/C11H8N4S/c12-8-5-16-11(14-8)9-6-3-1-2-4-7(6)10(13)15-9/h1-5,13H,12H2/p+1. The normalized spacial score (nSPS) is 13.8. The molecule has 78 valence electrons. The smallest absolute Gasteiger partial charge is 0.323 e. The van der Waals surface area contributed by atoms with Crippen LogP contribution in [0.5, 0.6) is 0 Å². The van der Waals surface area contributed by atoms with Crippen molar-refractivity contribution < 1.29 is 5.41 Å². The third-order valence-electron chi connectivity index (χ3n) is 2.41. The first-order valence-electron chi connectivity index (χ1n) is 4.78. The Morgan fingerprint density at radius 2 is 1.94 bits per heavy atom. The zero-order valence-electron chi connectivity index (χ0n) is 8.34. The average Bonchev–Trinajstić information content (AvgIpc) is 2.84. The van der Waals surface area contributed by atoms with E-state index in [0.29, 0.717) is 11.7 Å². The molecule has 0 unspecified atom stereocenters. The summed E-state index contributed by atoms with van der Waals surface area (Å²) in [6.45, 7) is 0. The van der Waals surface area contributed by atoms with Crippen molar-refractivity contribution in [2.45, 2.75) is 0 Å². The van der Waals surface area contributed by atoms with Gasteiger partial charge in [0.25, 0.3) is 0 Å². The summed E-state index contributed by atoms with van der Waals surface area (Å²) in [5, 5.41) is 8.47. The van der Waals surface area contributed by atoms with Crippen LogP contribution in [0.2, 0.25) is 0 Å². The van der Waals surface area contributed by atoms with Gasteiger partial charge in [-0.05, 0) is 17.1 Å². The highest BCUT2D eigenvalue weighted by Gasteiger charge is 2.30. The maximum Gasteiger partial charge on any atom is 0.323 e. The maximum atomic E-state index is 5.86. The highest BCUT2D eigenvalue weighted by Crippen LogP contribution is 2.24. The van der Waals surface area contributed by atoms with Gasteiger partial charge in [-0.15, -0.1) is 11.3 Å². The van der Waals surface area contributed by atoms with Crippen LogP contribution in [-0.2, 0) is 0 Å². The van der Waals surface area contributed by atoms with Gasteiger partial charge in [0, 0.05) is 10.9 Å². The zero-order chi connectivity index (χ0) is 11.1. The first-order chi connectivity index (χ1) is 7.75. The number of nitrogens with zero attached hydrogens (tertiary/aromatic N) is 2. The predicted molar refractivity (Wildman–Crippen MR) is 64.6 cm³/mol. The molecule has 1 aromatic carbocycles. The van der Waals surface area contributed by atoms with Crippen molar-refractivity contribution in [3.8, 4) is 0 Å². The van der Waals surface area contributed by atoms with Crippen LogP contribution in [-0.4, -0.2) is 16.5 Å². The number of benzene rings is 1. The van der Waals surface area contributed by atoms with Crippen molar-refractivity contribution in [2.24, 2.45) is 4.99 Å². The fourth-order valence-corrected chi connectivity index (χ4v) is 2.42. The van der Waals surface area contributed by atoms with Crippen LogP contribution in [0, 0.1) is 0 Å². The van der Waals surface area contributed by atoms with Gasteiger partial charge in [0.15, 0.2) is 5.01 Å². The fourth-order valence-electron chi connectivity index (χ4n) is 1.71. The molecular formula is C11H9N4S+. The molecule has 0 saturated heterocycles. The Bertz CT molecular complexity index is 612. The summed E-state index contributed by atoms with van der Waals surface area (Å²) in [6, 6.07) is 7.86. The van der Waals surface area contributed by atoms with E-state index < -0.39 is 0 Å². The summed E-state index contributed by atoms with van der Waals surface area (Å²) in [7, 11) is 0. The lowest BCUT2D eigenvalue weighted by molar-refractivity contribution is -0.113. The van der Waals surface area contributed by atoms with E-state index in [2.05, 4.69) is 9.98 Å². The number of anilines is 1.